The number of hydrogen-bond donors (Lipinski definition) is 2. The second kappa shape index (κ2) is 8.63. The summed E-state index contributed by atoms with van der Waals surface area (Å²) in [6, 6.07) is 13.2. The number of carbonyl (C=O) groups is 1. The van der Waals surface area contributed by atoms with Crippen LogP contribution in [0.4, 0.5) is 20.9 Å². The average Bonchev–Trinajstić information content (AvgIpc) is 3.07. The maximum Gasteiger partial charge on any atom is 0.234 e. The van der Waals surface area contributed by atoms with Crippen molar-refractivity contribution in [1.29, 1.82) is 0 Å². The largest absolute Gasteiger partial charge is 0.497 e. The lowest BCUT2D eigenvalue weighted by Gasteiger charge is -2.06. The molecule has 134 valence electrons. The van der Waals surface area contributed by atoms with Crippen molar-refractivity contribution in [3.8, 4) is 5.75 Å². The Balaban J connectivity index is 1.51. The van der Waals surface area contributed by atoms with Gasteiger partial charge in [0.2, 0.25) is 11.0 Å². The van der Waals surface area contributed by atoms with Gasteiger partial charge in [-0.05, 0) is 30.3 Å². The minimum Gasteiger partial charge on any atom is -0.497 e. The number of rotatable bonds is 7. The van der Waals surface area contributed by atoms with Gasteiger partial charge < -0.3 is 15.4 Å². The Morgan fingerprint density at radius 3 is 2.81 bits per heavy atom. The molecule has 0 unspecified atom stereocenters. The molecule has 0 aliphatic heterocycles. The third-order valence-electron chi connectivity index (χ3n) is 3.16. The topological polar surface area (TPSA) is 76.1 Å². The fourth-order valence-corrected chi connectivity index (χ4v) is 3.61. The van der Waals surface area contributed by atoms with E-state index in [1.165, 1.54) is 35.2 Å². The van der Waals surface area contributed by atoms with E-state index < -0.39 is 0 Å². The van der Waals surface area contributed by atoms with Crippen molar-refractivity contribution in [2.75, 3.05) is 23.5 Å². The highest BCUT2D eigenvalue weighted by atomic mass is 32.2. The highest BCUT2D eigenvalue weighted by molar-refractivity contribution is 8.01. The number of aromatic nitrogens is 2. The molecule has 0 atom stereocenters. The third kappa shape index (κ3) is 5.17. The lowest BCUT2D eigenvalue weighted by atomic mass is 10.3. The molecule has 0 fully saturated rings. The van der Waals surface area contributed by atoms with Gasteiger partial charge in [0.1, 0.15) is 11.6 Å². The number of halogens is 1. The third-order valence-corrected chi connectivity index (χ3v) is 5.13. The Labute approximate surface area is 157 Å². The van der Waals surface area contributed by atoms with E-state index in [2.05, 4.69) is 20.8 Å². The van der Waals surface area contributed by atoms with Crippen molar-refractivity contribution >= 4 is 45.5 Å². The molecule has 26 heavy (non-hydrogen) atoms. The number of hydrogen-bond acceptors (Lipinski definition) is 7. The first-order valence-corrected chi connectivity index (χ1v) is 9.35. The van der Waals surface area contributed by atoms with Gasteiger partial charge >= 0.3 is 0 Å². The van der Waals surface area contributed by atoms with Crippen molar-refractivity contribution in [2.24, 2.45) is 0 Å². The van der Waals surface area contributed by atoms with Crippen LogP contribution < -0.4 is 15.4 Å². The first-order chi connectivity index (χ1) is 12.6. The second-order valence-corrected chi connectivity index (χ2v) is 7.28. The van der Waals surface area contributed by atoms with E-state index in [1.54, 1.807) is 43.5 Å². The zero-order valence-electron chi connectivity index (χ0n) is 13.7. The van der Waals surface area contributed by atoms with Gasteiger partial charge in [0, 0.05) is 17.4 Å². The van der Waals surface area contributed by atoms with E-state index >= 15 is 0 Å². The molecule has 0 aliphatic rings. The maximum atomic E-state index is 13.2. The zero-order valence-corrected chi connectivity index (χ0v) is 15.4. The number of ether oxygens (including phenoxy) is 1. The molecule has 2 aromatic carbocycles. The van der Waals surface area contributed by atoms with Crippen LogP contribution in [0.1, 0.15) is 0 Å². The maximum absolute atomic E-state index is 13.2. The van der Waals surface area contributed by atoms with Crippen molar-refractivity contribution in [3.63, 3.8) is 0 Å². The van der Waals surface area contributed by atoms with Crippen LogP contribution in [0.3, 0.4) is 0 Å². The summed E-state index contributed by atoms with van der Waals surface area (Å²) in [4.78, 5) is 12.0. The number of methoxy groups -OCH3 is 1. The lowest BCUT2D eigenvalue weighted by molar-refractivity contribution is -0.113. The van der Waals surface area contributed by atoms with E-state index in [9.17, 15) is 9.18 Å². The molecule has 0 bridgehead atoms. The highest BCUT2D eigenvalue weighted by Gasteiger charge is 2.09. The first-order valence-electron chi connectivity index (χ1n) is 7.55. The standard InChI is InChI=1S/C17H15FN4O2S2/c1-24-14-7-3-6-13(9-14)19-15(23)10-25-17-22-21-16(26-17)20-12-5-2-4-11(18)8-12/h2-9H,10H2,1H3,(H,19,23)(H,20,21). The minimum atomic E-state index is -0.330. The van der Waals surface area contributed by atoms with E-state index in [0.29, 0.717) is 26.6 Å². The van der Waals surface area contributed by atoms with Gasteiger partial charge in [-0.15, -0.1) is 10.2 Å². The summed E-state index contributed by atoms with van der Waals surface area (Å²) in [5, 5.41) is 14.3. The van der Waals surface area contributed by atoms with Crippen LogP contribution in [0.2, 0.25) is 0 Å². The lowest BCUT2D eigenvalue weighted by Crippen LogP contribution is -2.13. The van der Waals surface area contributed by atoms with Gasteiger partial charge in [-0.3, -0.25) is 4.79 Å². The summed E-state index contributed by atoms with van der Waals surface area (Å²) in [6.07, 6.45) is 0. The van der Waals surface area contributed by atoms with Gasteiger partial charge in [0.05, 0.1) is 12.9 Å². The minimum absolute atomic E-state index is 0.155. The van der Waals surface area contributed by atoms with Crippen LogP contribution in [-0.2, 0) is 4.79 Å². The molecule has 6 nitrogen and oxygen atoms in total. The van der Waals surface area contributed by atoms with Crippen molar-refractivity contribution < 1.29 is 13.9 Å². The SMILES string of the molecule is COc1cccc(NC(=O)CSc2nnc(Nc3cccc(F)c3)s2)c1. The monoisotopic (exact) mass is 390 g/mol. The van der Waals surface area contributed by atoms with Gasteiger partial charge in [0.25, 0.3) is 0 Å². The average molecular weight is 390 g/mol. The van der Waals surface area contributed by atoms with Crippen LogP contribution in [-0.4, -0.2) is 29.0 Å². The predicted molar refractivity (Wildman–Crippen MR) is 102 cm³/mol. The molecule has 1 amide bonds. The normalized spacial score (nSPS) is 10.4. The van der Waals surface area contributed by atoms with E-state index in [-0.39, 0.29) is 17.5 Å². The number of amides is 1. The summed E-state index contributed by atoms with van der Waals surface area (Å²) >= 11 is 2.57. The molecule has 3 rings (SSSR count). The Morgan fingerprint density at radius 1 is 1.19 bits per heavy atom. The molecular weight excluding hydrogens is 375 g/mol. The number of thioether (sulfide) groups is 1. The Bertz CT molecular complexity index is 904. The van der Waals surface area contributed by atoms with Gasteiger partial charge in [-0.1, -0.05) is 35.2 Å². The Hall–Kier alpha value is -2.65. The molecule has 1 heterocycles. The van der Waals surface area contributed by atoms with Crippen LogP contribution in [0.5, 0.6) is 5.75 Å². The molecule has 2 N–H and O–H groups in total. The predicted octanol–water partition coefficient (Wildman–Crippen LogP) is 4.16. The number of benzene rings is 2. The van der Waals surface area contributed by atoms with Crippen LogP contribution >= 0.6 is 23.1 Å². The quantitative estimate of drug-likeness (QED) is 0.590. The highest BCUT2D eigenvalue weighted by Crippen LogP contribution is 2.28. The summed E-state index contributed by atoms with van der Waals surface area (Å²) < 4.78 is 18.9. The number of carbonyl (C=O) groups excluding carboxylic acids is 1. The van der Waals surface area contributed by atoms with Crippen LogP contribution in [0, 0.1) is 5.82 Å². The Kier molecular flexibility index (Phi) is 6.03. The van der Waals surface area contributed by atoms with E-state index in [4.69, 9.17) is 4.74 Å². The zero-order chi connectivity index (χ0) is 18.4. The molecular formula is C17H15FN4O2S2. The molecule has 0 saturated carbocycles. The second-order valence-electron chi connectivity index (χ2n) is 5.08. The summed E-state index contributed by atoms with van der Waals surface area (Å²) in [5.41, 5.74) is 1.26. The number of nitrogens with zero attached hydrogens (tertiary/aromatic N) is 2. The molecule has 9 heteroatoms. The molecule has 3 aromatic rings. The fourth-order valence-electron chi connectivity index (χ4n) is 2.03. The summed E-state index contributed by atoms with van der Waals surface area (Å²) in [5.74, 6) is 0.389. The summed E-state index contributed by atoms with van der Waals surface area (Å²) in [7, 11) is 1.57. The molecule has 0 aliphatic carbocycles. The number of nitrogens with one attached hydrogen (secondary N) is 2. The van der Waals surface area contributed by atoms with Crippen molar-refractivity contribution in [3.05, 3.63) is 54.3 Å². The molecule has 0 radical (unpaired) electrons. The fraction of sp³-hybridized carbons (Fsp3) is 0.118. The smallest absolute Gasteiger partial charge is 0.234 e. The molecule has 0 spiro atoms. The van der Waals surface area contributed by atoms with Gasteiger partial charge in [0.15, 0.2) is 4.34 Å². The molecule has 1 aromatic heterocycles. The van der Waals surface area contributed by atoms with Crippen LogP contribution in [0.15, 0.2) is 52.9 Å². The van der Waals surface area contributed by atoms with Crippen LogP contribution in [0.25, 0.3) is 0 Å². The van der Waals surface area contributed by atoms with E-state index in [0.717, 1.165) is 0 Å². The van der Waals surface area contributed by atoms with Crippen molar-refractivity contribution in [1.82, 2.24) is 10.2 Å². The Morgan fingerprint density at radius 2 is 2.00 bits per heavy atom. The van der Waals surface area contributed by atoms with E-state index in [1.807, 2.05) is 0 Å². The van der Waals surface area contributed by atoms with Gasteiger partial charge in [-0.2, -0.15) is 0 Å². The van der Waals surface area contributed by atoms with Crippen molar-refractivity contribution in [2.45, 2.75) is 4.34 Å². The number of anilines is 3. The summed E-state index contributed by atoms with van der Waals surface area (Å²) in [6.45, 7) is 0. The van der Waals surface area contributed by atoms with Gasteiger partial charge in [-0.25, -0.2) is 4.39 Å². The first kappa shape index (κ1) is 18.2. The molecule has 0 saturated heterocycles.